The van der Waals surface area contributed by atoms with E-state index in [1.54, 1.807) is 0 Å². The number of thioether (sulfide) groups is 1. The van der Waals surface area contributed by atoms with Gasteiger partial charge in [0.05, 0.1) is 0 Å². The summed E-state index contributed by atoms with van der Waals surface area (Å²) in [6.07, 6.45) is 3.63. The molecule has 1 spiro atoms. The molecule has 0 N–H and O–H groups in total. The van der Waals surface area contributed by atoms with Crippen LogP contribution >= 0.6 is 11.8 Å². The Hall–Kier alpha value is -0.790. The van der Waals surface area contributed by atoms with E-state index in [1.165, 1.54) is 4.90 Å². The molecule has 0 aromatic carbocycles. The minimum absolute atomic E-state index is 0.0216. The zero-order valence-electron chi connectivity index (χ0n) is 15.7. The molecule has 2 rings (SSSR count). The third-order valence-corrected chi connectivity index (χ3v) is 6.18. The SMILES string of the molecule is CCN1C(=O)N(CCN(C)C)C(=O)C12CCN([C@H](C)CSC)CC2. The fourth-order valence-electron chi connectivity index (χ4n) is 3.88. The van der Waals surface area contributed by atoms with Crippen LogP contribution < -0.4 is 0 Å². The molecule has 0 aromatic heterocycles. The average Bonchev–Trinajstić information content (AvgIpc) is 2.73. The van der Waals surface area contributed by atoms with Crippen molar-refractivity contribution in [2.45, 2.75) is 38.3 Å². The summed E-state index contributed by atoms with van der Waals surface area (Å²) in [6.45, 7) is 7.79. The van der Waals surface area contributed by atoms with Crippen LogP contribution in [0.4, 0.5) is 4.79 Å². The Bertz CT molecular complexity index is 464. The molecule has 0 saturated carbocycles. The number of hydrogen-bond acceptors (Lipinski definition) is 5. The first-order valence-corrected chi connectivity index (χ1v) is 10.3. The topological polar surface area (TPSA) is 47.1 Å². The second kappa shape index (κ2) is 8.06. The van der Waals surface area contributed by atoms with Crippen LogP contribution in [0, 0.1) is 0 Å². The highest BCUT2D eigenvalue weighted by atomic mass is 32.2. The van der Waals surface area contributed by atoms with Crippen LogP contribution in [0.15, 0.2) is 0 Å². The number of carbonyl (C=O) groups excluding carboxylic acids is 2. The number of likely N-dealkylation sites (tertiary alicyclic amines) is 1. The number of likely N-dealkylation sites (N-methyl/N-ethyl adjacent to an activating group) is 2. The van der Waals surface area contributed by atoms with Crippen LogP contribution in [-0.4, -0.2) is 102 Å². The molecule has 1 atom stereocenters. The minimum Gasteiger partial charge on any atom is -0.310 e. The molecule has 2 heterocycles. The summed E-state index contributed by atoms with van der Waals surface area (Å²) in [4.78, 5) is 33.6. The monoisotopic (exact) mass is 356 g/mol. The molecular formula is C17H32N4O2S. The van der Waals surface area contributed by atoms with Crippen molar-refractivity contribution in [3.8, 4) is 0 Å². The molecule has 0 aliphatic carbocycles. The normalized spacial score (nSPS) is 22.9. The van der Waals surface area contributed by atoms with E-state index < -0.39 is 5.54 Å². The predicted molar refractivity (Wildman–Crippen MR) is 99.4 cm³/mol. The van der Waals surface area contributed by atoms with Crippen molar-refractivity contribution < 1.29 is 9.59 Å². The lowest BCUT2D eigenvalue weighted by atomic mass is 9.85. The Balaban J connectivity index is 2.11. The first-order valence-electron chi connectivity index (χ1n) is 8.88. The van der Waals surface area contributed by atoms with Crippen molar-refractivity contribution >= 4 is 23.7 Å². The van der Waals surface area contributed by atoms with Crippen molar-refractivity contribution in [3.05, 3.63) is 0 Å². The fraction of sp³-hybridized carbons (Fsp3) is 0.882. The third kappa shape index (κ3) is 3.58. The number of urea groups is 1. The standard InChI is InChI=1S/C17H32N4O2S/c1-6-21-16(23)20(12-11-18(3)4)15(22)17(21)7-9-19(10-8-17)14(2)13-24-5/h14H,6-13H2,1-5H3/t14-/m1/s1. The molecule has 0 unspecified atom stereocenters. The third-order valence-electron chi connectivity index (χ3n) is 5.37. The van der Waals surface area contributed by atoms with E-state index in [9.17, 15) is 9.59 Å². The van der Waals surface area contributed by atoms with Crippen LogP contribution in [-0.2, 0) is 4.79 Å². The summed E-state index contributed by atoms with van der Waals surface area (Å²) in [5, 5.41) is 0. The van der Waals surface area contributed by atoms with E-state index in [0.29, 0.717) is 25.7 Å². The molecule has 2 saturated heterocycles. The smallest absolute Gasteiger partial charge is 0.310 e. The van der Waals surface area contributed by atoms with Crippen LogP contribution in [0.5, 0.6) is 0 Å². The van der Waals surface area contributed by atoms with E-state index in [1.807, 2.05) is 42.6 Å². The largest absolute Gasteiger partial charge is 0.327 e. The maximum atomic E-state index is 13.1. The summed E-state index contributed by atoms with van der Waals surface area (Å²) < 4.78 is 0. The van der Waals surface area contributed by atoms with Gasteiger partial charge in [0.1, 0.15) is 5.54 Å². The molecule has 6 nitrogen and oxygen atoms in total. The van der Waals surface area contributed by atoms with Gasteiger partial charge in [0.25, 0.3) is 5.91 Å². The Labute approximate surface area is 150 Å². The van der Waals surface area contributed by atoms with E-state index in [-0.39, 0.29) is 11.9 Å². The first kappa shape index (κ1) is 19.5. The van der Waals surface area contributed by atoms with Crippen molar-refractivity contribution in [1.29, 1.82) is 0 Å². The Kier molecular flexibility index (Phi) is 6.56. The lowest BCUT2D eigenvalue weighted by molar-refractivity contribution is -0.135. The summed E-state index contributed by atoms with van der Waals surface area (Å²) in [5.41, 5.74) is -0.603. The number of imide groups is 1. The summed E-state index contributed by atoms with van der Waals surface area (Å²) in [5.74, 6) is 1.13. The van der Waals surface area contributed by atoms with E-state index in [0.717, 1.165) is 31.7 Å². The molecule has 0 aromatic rings. The molecular weight excluding hydrogens is 324 g/mol. The van der Waals surface area contributed by atoms with Crippen molar-refractivity contribution in [2.75, 3.05) is 58.8 Å². The van der Waals surface area contributed by atoms with E-state index >= 15 is 0 Å². The number of piperidine rings is 1. The summed E-state index contributed by atoms with van der Waals surface area (Å²) >= 11 is 1.86. The van der Waals surface area contributed by atoms with Crippen molar-refractivity contribution in [3.63, 3.8) is 0 Å². The number of carbonyl (C=O) groups is 2. The second-order valence-corrected chi connectivity index (χ2v) is 8.07. The maximum absolute atomic E-state index is 13.1. The van der Waals surface area contributed by atoms with Crippen molar-refractivity contribution in [1.82, 2.24) is 19.6 Å². The van der Waals surface area contributed by atoms with Crippen LogP contribution in [0.25, 0.3) is 0 Å². The van der Waals surface area contributed by atoms with Gasteiger partial charge >= 0.3 is 6.03 Å². The molecule has 7 heteroatoms. The van der Waals surface area contributed by atoms with Crippen LogP contribution in [0.3, 0.4) is 0 Å². The molecule has 138 valence electrons. The van der Waals surface area contributed by atoms with Gasteiger partial charge in [-0.2, -0.15) is 11.8 Å². The predicted octanol–water partition coefficient (Wildman–Crippen LogP) is 1.42. The van der Waals surface area contributed by atoms with Gasteiger partial charge in [-0.1, -0.05) is 0 Å². The quantitative estimate of drug-likeness (QED) is 0.646. The van der Waals surface area contributed by atoms with Gasteiger partial charge in [-0.15, -0.1) is 0 Å². The van der Waals surface area contributed by atoms with Crippen LogP contribution in [0.2, 0.25) is 0 Å². The van der Waals surface area contributed by atoms with Gasteiger partial charge in [0.2, 0.25) is 0 Å². The molecule has 2 fully saturated rings. The number of hydrogen-bond donors (Lipinski definition) is 0. The highest BCUT2D eigenvalue weighted by Gasteiger charge is 2.57. The van der Waals surface area contributed by atoms with E-state index in [4.69, 9.17) is 0 Å². The first-order chi connectivity index (χ1) is 11.4. The summed E-state index contributed by atoms with van der Waals surface area (Å²) in [6, 6.07) is 0.416. The zero-order valence-corrected chi connectivity index (χ0v) is 16.6. The maximum Gasteiger partial charge on any atom is 0.327 e. The Morgan fingerprint density at radius 2 is 1.88 bits per heavy atom. The zero-order chi connectivity index (χ0) is 17.9. The highest BCUT2D eigenvalue weighted by Crippen LogP contribution is 2.37. The lowest BCUT2D eigenvalue weighted by Crippen LogP contribution is -2.57. The molecule has 2 aliphatic heterocycles. The Morgan fingerprint density at radius 1 is 1.25 bits per heavy atom. The minimum atomic E-state index is -0.603. The molecule has 2 aliphatic rings. The van der Waals surface area contributed by atoms with Gasteiger partial charge in [0.15, 0.2) is 0 Å². The lowest BCUT2D eigenvalue weighted by Gasteiger charge is -2.43. The van der Waals surface area contributed by atoms with Gasteiger partial charge in [-0.25, -0.2) is 4.79 Å². The molecule has 24 heavy (non-hydrogen) atoms. The van der Waals surface area contributed by atoms with Gasteiger partial charge < -0.3 is 9.80 Å². The fourth-order valence-corrected chi connectivity index (χ4v) is 4.58. The van der Waals surface area contributed by atoms with Gasteiger partial charge in [-0.05, 0) is 47.0 Å². The van der Waals surface area contributed by atoms with Crippen LogP contribution in [0.1, 0.15) is 26.7 Å². The highest BCUT2D eigenvalue weighted by molar-refractivity contribution is 7.98. The van der Waals surface area contributed by atoms with E-state index in [2.05, 4.69) is 18.1 Å². The molecule has 0 radical (unpaired) electrons. The number of amides is 3. The van der Waals surface area contributed by atoms with Gasteiger partial charge in [-0.3, -0.25) is 14.6 Å². The Morgan fingerprint density at radius 3 is 2.38 bits per heavy atom. The molecule has 0 bridgehead atoms. The summed E-state index contributed by atoms with van der Waals surface area (Å²) in [7, 11) is 3.92. The molecule has 3 amide bonds. The van der Waals surface area contributed by atoms with Crippen molar-refractivity contribution in [2.24, 2.45) is 0 Å². The second-order valence-electron chi connectivity index (χ2n) is 7.16. The number of nitrogens with zero attached hydrogens (tertiary/aromatic N) is 4. The number of rotatable bonds is 7. The van der Waals surface area contributed by atoms with Gasteiger partial charge in [0, 0.05) is 44.5 Å². The average molecular weight is 357 g/mol.